The van der Waals surface area contributed by atoms with Gasteiger partial charge in [0, 0.05) is 11.8 Å². The minimum atomic E-state index is -0.511. The fraction of sp³-hybridized carbons (Fsp3) is 0.375. The van der Waals surface area contributed by atoms with Gasteiger partial charge in [0.05, 0.1) is 6.61 Å². The van der Waals surface area contributed by atoms with Crippen molar-refractivity contribution in [2.75, 3.05) is 11.9 Å². The van der Waals surface area contributed by atoms with E-state index < -0.39 is 6.09 Å². The Labute approximate surface area is 123 Å². The molecule has 5 nitrogen and oxygen atoms in total. The maximum atomic E-state index is 11.8. The van der Waals surface area contributed by atoms with Gasteiger partial charge in [-0.05, 0) is 43.9 Å². The Bertz CT molecular complexity index is 524. The predicted octanol–water partition coefficient (Wildman–Crippen LogP) is 3.28. The van der Waals surface area contributed by atoms with Crippen LogP contribution in [0.1, 0.15) is 26.2 Å². The highest BCUT2D eigenvalue weighted by Crippen LogP contribution is 2.28. The molecule has 0 bridgehead atoms. The summed E-state index contributed by atoms with van der Waals surface area (Å²) in [5.74, 6) is -0.383. The SMILES string of the molecule is CCOC(=O)/C=C1\CCCC1OC(=O)Nc1ccccc1. The molecule has 0 spiro atoms. The van der Waals surface area contributed by atoms with Crippen LogP contribution in [0.3, 0.4) is 0 Å². The molecule has 112 valence electrons. The highest BCUT2D eigenvalue weighted by atomic mass is 16.6. The molecule has 0 aromatic heterocycles. The van der Waals surface area contributed by atoms with E-state index in [9.17, 15) is 9.59 Å². The van der Waals surface area contributed by atoms with Crippen molar-refractivity contribution < 1.29 is 19.1 Å². The standard InChI is InChI=1S/C16H19NO4/c1-2-20-15(18)11-12-7-6-10-14(12)21-16(19)17-13-8-4-3-5-9-13/h3-5,8-9,11,14H,2,6-7,10H2,1H3,(H,17,19)/b12-11+. The summed E-state index contributed by atoms with van der Waals surface area (Å²) in [5.41, 5.74) is 1.49. The Balaban J connectivity index is 1.92. The first-order valence-electron chi connectivity index (χ1n) is 7.09. The summed E-state index contributed by atoms with van der Waals surface area (Å²) in [7, 11) is 0. The number of amides is 1. The molecule has 2 rings (SSSR count). The van der Waals surface area contributed by atoms with Gasteiger partial charge in [0.15, 0.2) is 0 Å². The lowest BCUT2D eigenvalue weighted by molar-refractivity contribution is -0.137. The quantitative estimate of drug-likeness (QED) is 0.682. The zero-order valence-corrected chi connectivity index (χ0v) is 12.0. The Morgan fingerprint density at radius 1 is 1.33 bits per heavy atom. The number of nitrogens with one attached hydrogen (secondary N) is 1. The van der Waals surface area contributed by atoms with Crippen molar-refractivity contribution in [1.82, 2.24) is 0 Å². The van der Waals surface area contributed by atoms with Gasteiger partial charge >= 0.3 is 12.1 Å². The van der Waals surface area contributed by atoms with Gasteiger partial charge in [0.25, 0.3) is 0 Å². The molecule has 1 atom stereocenters. The molecule has 0 radical (unpaired) electrons. The van der Waals surface area contributed by atoms with E-state index in [-0.39, 0.29) is 12.1 Å². The molecule has 1 aromatic rings. The van der Waals surface area contributed by atoms with E-state index in [1.54, 1.807) is 19.1 Å². The fourth-order valence-electron chi connectivity index (χ4n) is 2.27. The van der Waals surface area contributed by atoms with E-state index in [2.05, 4.69) is 5.32 Å². The van der Waals surface area contributed by atoms with Crippen LogP contribution in [0.4, 0.5) is 10.5 Å². The average Bonchev–Trinajstić information content (AvgIpc) is 2.87. The molecule has 1 aliphatic carbocycles. The van der Waals surface area contributed by atoms with E-state index in [0.717, 1.165) is 24.8 Å². The smallest absolute Gasteiger partial charge is 0.412 e. The van der Waals surface area contributed by atoms with Crippen molar-refractivity contribution in [2.24, 2.45) is 0 Å². The van der Waals surface area contributed by atoms with Crippen LogP contribution < -0.4 is 5.32 Å². The van der Waals surface area contributed by atoms with Crippen molar-refractivity contribution in [3.8, 4) is 0 Å². The Morgan fingerprint density at radius 2 is 2.10 bits per heavy atom. The van der Waals surface area contributed by atoms with Crippen LogP contribution in [0.2, 0.25) is 0 Å². The van der Waals surface area contributed by atoms with Gasteiger partial charge in [-0.3, -0.25) is 5.32 Å². The number of esters is 1. The van der Waals surface area contributed by atoms with Crippen LogP contribution in [0, 0.1) is 0 Å². The third kappa shape index (κ3) is 4.63. The molecular formula is C16H19NO4. The summed E-state index contributed by atoms with van der Waals surface area (Å²) in [6.07, 6.45) is 2.96. The zero-order chi connectivity index (χ0) is 15.1. The molecule has 0 heterocycles. The Kier molecular flexibility index (Phi) is 5.37. The summed E-state index contributed by atoms with van der Waals surface area (Å²) in [6, 6.07) is 9.10. The summed E-state index contributed by atoms with van der Waals surface area (Å²) >= 11 is 0. The highest BCUT2D eigenvalue weighted by molar-refractivity contribution is 5.85. The lowest BCUT2D eigenvalue weighted by atomic mass is 10.2. The molecule has 1 N–H and O–H groups in total. The monoisotopic (exact) mass is 289 g/mol. The van der Waals surface area contributed by atoms with Crippen LogP contribution in [-0.4, -0.2) is 24.8 Å². The highest BCUT2D eigenvalue weighted by Gasteiger charge is 2.25. The largest absolute Gasteiger partial charge is 0.463 e. The van der Waals surface area contributed by atoms with E-state index in [0.29, 0.717) is 12.3 Å². The number of anilines is 1. The lowest BCUT2D eigenvalue weighted by Crippen LogP contribution is -2.22. The summed E-state index contributed by atoms with van der Waals surface area (Å²) in [6.45, 7) is 2.09. The number of para-hydroxylation sites is 1. The van der Waals surface area contributed by atoms with Crippen LogP contribution in [0.25, 0.3) is 0 Å². The van der Waals surface area contributed by atoms with Gasteiger partial charge in [0.2, 0.25) is 0 Å². The minimum absolute atomic E-state index is 0.336. The van der Waals surface area contributed by atoms with Crippen molar-refractivity contribution in [2.45, 2.75) is 32.3 Å². The summed E-state index contributed by atoms with van der Waals surface area (Å²) in [4.78, 5) is 23.3. The van der Waals surface area contributed by atoms with E-state index in [1.807, 2.05) is 18.2 Å². The van der Waals surface area contributed by atoms with Gasteiger partial charge in [-0.25, -0.2) is 9.59 Å². The number of carbonyl (C=O) groups is 2. The molecule has 1 saturated carbocycles. The molecular weight excluding hydrogens is 270 g/mol. The Morgan fingerprint density at radius 3 is 2.81 bits per heavy atom. The van der Waals surface area contributed by atoms with E-state index in [4.69, 9.17) is 9.47 Å². The van der Waals surface area contributed by atoms with Crippen molar-refractivity contribution >= 4 is 17.7 Å². The molecule has 1 aromatic carbocycles. The molecule has 21 heavy (non-hydrogen) atoms. The fourth-order valence-corrected chi connectivity index (χ4v) is 2.27. The number of carbonyl (C=O) groups excluding carboxylic acids is 2. The maximum absolute atomic E-state index is 11.8. The lowest BCUT2D eigenvalue weighted by Gasteiger charge is -2.14. The number of rotatable bonds is 4. The average molecular weight is 289 g/mol. The van der Waals surface area contributed by atoms with Crippen molar-refractivity contribution in [3.05, 3.63) is 42.0 Å². The van der Waals surface area contributed by atoms with Crippen LogP contribution in [-0.2, 0) is 14.3 Å². The van der Waals surface area contributed by atoms with Crippen LogP contribution in [0.15, 0.2) is 42.0 Å². The first kappa shape index (κ1) is 15.1. The van der Waals surface area contributed by atoms with Gasteiger partial charge < -0.3 is 9.47 Å². The van der Waals surface area contributed by atoms with Crippen molar-refractivity contribution in [3.63, 3.8) is 0 Å². The van der Waals surface area contributed by atoms with E-state index >= 15 is 0 Å². The first-order chi connectivity index (χ1) is 10.2. The number of hydrogen-bond donors (Lipinski definition) is 1. The van der Waals surface area contributed by atoms with Gasteiger partial charge in [-0.2, -0.15) is 0 Å². The second kappa shape index (κ2) is 7.47. The molecule has 1 aliphatic rings. The number of benzene rings is 1. The topological polar surface area (TPSA) is 64.6 Å². The second-order valence-corrected chi connectivity index (χ2v) is 4.75. The molecule has 0 saturated heterocycles. The molecule has 1 amide bonds. The van der Waals surface area contributed by atoms with Gasteiger partial charge in [-0.1, -0.05) is 18.2 Å². The second-order valence-electron chi connectivity index (χ2n) is 4.75. The van der Waals surface area contributed by atoms with Crippen LogP contribution >= 0.6 is 0 Å². The third-order valence-corrected chi connectivity index (χ3v) is 3.20. The molecule has 1 unspecified atom stereocenters. The first-order valence-corrected chi connectivity index (χ1v) is 7.09. The normalized spacial score (nSPS) is 19.3. The van der Waals surface area contributed by atoms with Gasteiger partial charge in [0.1, 0.15) is 6.10 Å². The zero-order valence-electron chi connectivity index (χ0n) is 12.0. The minimum Gasteiger partial charge on any atom is -0.463 e. The molecule has 1 fully saturated rings. The Hall–Kier alpha value is -2.30. The molecule has 5 heteroatoms. The number of ether oxygens (including phenoxy) is 2. The van der Waals surface area contributed by atoms with Crippen molar-refractivity contribution in [1.29, 1.82) is 0 Å². The van der Waals surface area contributed by atoms with Crippen LogP contribution in [0.5, 0.6) is 0 Å². The summed E-state index contributed by atoms with van der Waals surface area (Å²) < 4.78 is 10.3. The third-order valence-electron chi connectivity index (χ3n) is 3.20. The van der Waals surface area contributed by atoms with Gasteiger partial charge in [-0.15, -0.1) is 0 Å². The number of hydrogen-bond acceptors (Lipinski definition) is 4. The van der Waals surface area contributed by atoms with E-state index in [1.165, 1.54) is 6.08 Å². The summed E-state index contributed by atoms with van der Waals surface area (Å²) in [5, 5.41) is 2.66. The predicted molar refractivity (Wildman–Crippen MR) is 78.9 cm³/mol. The molecule has 0 aliphatic heterocycles. The maximum Gasteiger partial charge on any atom is 0.412 e.